The molecule has 0 amide bonds. The van der Waals surface area contributed by atoms with Gasteiger partial charge in [0.15, 0.2) is 0 Å². The zero-order valence-electron chi connectivity index (χ0n) is 5.28. The van der Waals surface area contributed by atoms with Gasteiger partial charge >= 0.3 is 0 Å². The third kappa shape index (κ3) is 5.74. The standard InChI is InChI=1S/C7H14/c1-4-5-6-7(2)3/h4,7H,1,5-6H2,2-3H3. The average molecular weight is 98.2 g/mol. The maximum absolute atomic E-state index is 3.63. The monoisotopic (exact) mass is 98.1 g/mol. The van der Waals surface area contributed by atoms with Crippen LogP contribution in [0.2, 0.25) is 0 Å². The van der Waals surface area contributed by atoms with Crippen molar-refractivity contribution in [3.63, 3.8) is 0 Å². The fourth-order valence-electron chi connectivity index (χ4n) is 0.451. The first kappa shape index (κ1) is 6.74. The van der Waals surface area contributed by atoms with Gasteiger partial charge in [-0.3, -0.25) is 0 Å². The first-order valence-corrected chi connectivity index (χ1v) is 2.88. The van der Waals surface area contributed by atoms with E-state index in [0.29, 0.717) is 0 Å². The molecule has 0 saturated heterocycles. The molecule has 0 rings (SSSR count). The van der Waals surface area contributed by atoms with Gasteiger partial charge < -0.3 is 0 Å². The van der Waals surface area contributed by atoms with E-state index in [9.17, 15) is 0 Å². The van der Waals surface area contributed by atoms with Crippen LogP contribution in [0.5, 0.6) is 0 Å². The molecule has 0 aliphatic rings. The lowest BCUT2D eigenvalue weighted by atomic mass is 10.1. The Hall–Kier alpha value is -0.260. The number of allylic oxidation sites excluding steroid dienone is 1. The van der Waals surface area contributed by atoms with Crippen LogP contribution < -0.4 is 0 Å². The third-order valence-corrected chi connectivity index (χ3v) is 0.948. The van der Waals surface area contributed by atoms with E-state index in [-0.39, 0.29) is 0 Å². The van der Waals surface area contributed by atoms with Crippen molar-refractivity contribution in [1.29, 1.82) is 0 Å². The van der Waals surface area contributed by atoms with E-state index in [1.165, 1.54) is 6.42 Å². The van der Waals surface area contributed by atoms with Gasteiger partial charge in [0.2, 0.25) is 0 Å². The van der Waals surface area contributed by atoms with Crippen molar-refractivity contribution in [2.75, 3.05) is 0 Å². The van der Waals surface area contributed by atoms with Gasteiger partial charge in [0.05, 0.1) is 0 Å². The fraction of sp³-hybridized carbons (Fsp3) is 0.714. The zero-order chi connectivity index (χ0) is 5.70. The Morgan fingerprint density at radius 1 is 1.57 bits per heavy atom. The van der Waals surface area contributed by atoms with E-state index in [4.69, 9.17) is 0 Å². The highest BCUT2D eigenvalue weighted by atomic mass is 13.9. The maximum Gasteiger partial charge on any atom is -0.0351 e. The molecular weight excluding hydrogens is 84.1 g/mol. The minimum Gasteiger partial charge on any atom is -0.103 e. The van der Waals surface area contributed by atoms with Crippen molar-refractivity contribution >= 4 is 0 Å². The van der Waals surface area contributed by atoms with Crippen molar-refractivity contribution in [3.8, 4) is 0 Å². The molecule has 0 aromatic heterocycles. The van der Waals surface area contributed by atoms with E-state index in [0.717, 1.165) is 12.3 Å². The molecule has 0 aliphatic heterocycles. The molecule has 0 unspecified atom stereocenters. The van der Waals surface area contributed by atoms with Crippen molar-refractivity contribution in [1.82, 2.24) is 0 Å². The summed E-state index contributed by atoms with van der Waals surface area (Å²) in [5, 5.41) is 0. The Morgan fingerprint density at radius 3 is 2.29 bits per heavy atom. The summed E-state index contributed by atoms with van der Waals surface area (Å²) in [7, 11) is 0. The van der Waals surface area contributed by atoms with Crippen LogP contribution in [0.25, 0.3) is 0 Å². The summed E-state index contributed by atoms with van der Waals surface area (Å²) >= 11 is 0. The van der Waals surface area contributed by atoms with Crippen LogP contribution in [-0.2, 0) is 0 Å². The summed E-state index contributed by atoms with van der Waals surface area (Å²) in [6.45, 7) is 8.08. The lowest BCUT2D eigenvalue weighted by Gasteiger charge is -1.96. The molecule has 0 aromatic rings. The molecule has 42 valence electrons. The lowest BCUT2D eigenvalue weighted by molar-refractivity contribution is 0.595. The predicted octanol–water partition coefficient (Wildman–Crippen LogP) is 2.61. The van der Waals surface area contributed by atoms with Gasteiger partial charge in [0.1, 0.15) is 0 Å². The first-order valence-electron chi connectivity index (χ1n) is 2.88. The van der Waals surface area contributed by atoms with Crippen molar-refractivity contribution in [2.24, 2.45) is 5.92 Å². The summed E-state index contributed by atoms with van der Waals surface area (Å²) in [6, 6.07) is 0. The molecule has 0 aromatic carbocycles. The molecule has 0 fully saturated rings. The normalized spacial score (nSPS) is 9.57. The second-order valence-corrected chi connectivity index (χ2v) is 2.26. The van der Waals surface area contributed by atoms with Gasteiger partial charge in [-0.05, 0) is 18.8 Å². The molecule has 0 heteroatoms. The van der Waals surface area contributed by atoms with Crippen LogP contribution >= 0.6 is 0 Å². The van der Waals surface area contributed by atoms with E-state index in [2.05, 4.69) is 20.4 Å². The lowest BCUT2D eigenvalue weighted by Crippen LogP contribution is -1.82. The Kier molecular flexibility index (Phi) is 3.77. The van der Waals surface area contributed by atoms with E-state index >= 15 is 0 Å². The Bertz CT molecular complexity index is 44.0. The number of hydrogen-bond donors (Lipinski definition) is 0. The van der Waals surface area contributed by atoms with Crippen molar-refractivity contribution in [2.45, 2.75) is 26.7 Å². The second kappa shape index (κ2) is 3.91. The Labute approximate surface area is 46.2 Å². The topological polar surface area (TPSA) is 0 Å². The van der Waals surface area contributed by atoms with Gasteiger partial charge in [-0.15, -0.1) is 6.58 Å². The van der Waals surface area contributed by atoms with Gasteiger partial charge in [0, 0.05) is 0 Å². The molecule has 0 aliphatic carbocycles. The second-order valence-electron chi connectivity index (χ2n) is 2.26. The van der Waals surface area contributed by atoms with Crippen LogP contribution in [0.1, 0.15) is 26.7 Å². The van der Waals surface area contributed by atoms with Crippen LogP contribution in [0.4, 0.5) is 0 Å². The van der Waals surface area contributed by atoms with Crippen LogP contribution in [0.15, 0.2) is 12.7 Å². The molecule has 0 atom stereocenters. The molecular formula is C7H14. The van der Waals surface area contributed by atoms with Gasteiger partial charge in [-0.1, -0.05) is 19.9 Å². The molecule has 7 heavy (non-hydrogen) atoms. The summed E-state index contributed by atoms with van der Waals surface area (Å²) < 4.78 is 0. The maximum atomic E-state index is 3.63. The van der Waals surface area contributed by atoms with Crippen LogP contribution in [0, 0.1) is 5.92 Å². The third-order valence-electron chi connectivity index (χ3n) is 0.948. The predicted molar refractivity (Wildman–Crippen MR) is 34.3 cm³/mol. The fourth-order valence-corrected chi connectivity index (χ4v) is 0.451. The quantitative estimate of drug-likeness (QED) is 0.476. The smallest absolute Gasteiger partial charge is 0.0351 e. The van der Waals surface area contributed by atoms with Crippen LogP contribution in [-0.4, -0.2) is 0 Å². The summed E-state index contributed by atoms with van der Waals surface area (Å²) in [6.07, 6.45) is 4.42. The van der Waals surface area contributed by atoms with E-state index in [1.807, 2.05) is 6.08 Å². The molecule has 0 N–H and O–H groups in total. The molecule has 0 saturated carbocycles. The molecule has 0 spiro atoms. The first-order chi connectivity index (χ1) is 3.27. The summed E-state index contributed by atoms with van der Waals surface area (Å²) in [5.74, 6) is 0.831. The highest BCUT2D eigenvalue weighted by molar-refractivity contribution is 4.66. The zero-order valence-corrected chi connectivity index (χ0v) is 5.28. The molecule has 0 radical (unpaired) electrons. The van der Waals surface area contributed by atoms with E-state index < -0.39 is 0 Å². The SMILES string of the molecule is C=CCCC(C)C. The molecule has 0 bridgehead atoms. The average Bonchev–Trinajstić information content (AvgIpc) is 1.61. The van der Waals surface area contributed by atoms with Gasteiger partial charge in [0.25, 0.3) is 0 Å². The largest absolute Gasteiger partial charge is 0.103 e. The van der Waals surface area contributed by atoms with Crippen LogP contribution in [0.3, 0.4) is 0 Å². The van der Waals surface area contributed by atoms with Crippen molar-refractivity contribution < 1.29 is 0 Å². The summed E-state index contributed by atoms with van der Waals surface area (Å²) in [4.78, 5) is 0. The number of hydrogen-bond acceptors (Lipinski definition) is 0. The minimum absolute atomic E-state index is 0.831. The minimum atomic E-state index is 0.831. The van der Waals surface area contributed by atoms with Gasteiger partial charge in [-0.25, -0.2) is 0 Å². The van der Waals surface area contributed by atoms with Crippen molar-refractivity contribution in [3.05, 3.63) is 12.7 Å². The van der Waals surface area contributed by atoms with E-state index in [1.54, 1.807) is 0 Å². The Morgan fingerprint density at radius 2 is 2.14 bits per heavy atom. The highest BCUT2D eigenvalue weighted by Gasteiger charge is 1.87. The molecule has 0 heterocycles. The van der Waals surface area contributed by atoms with Gasteiger partial charge in [-0.2, -0.15) is 0 Å². The highest BCUT2D eigenvalue weighted by Crippen LogP contribution is 2.02. The Balaban J connectivity index is 2.81. The molecule has 0 nitrogen and oxygen atoms in total. The number of rotatable bonds is 3. The summed E-state index contributed by atoms with van der Waals surface area (Å²) in [5.41, 5.74) is 0.